The van der Waals surface area contributed by atoms with Gasteiger partial charge in [0.2, 0.25) is 5.88 Å². The SMILES string of the molecule is COc1ccc(CN(c2ccncn2)S(=O)(=O)c2cnc(O[C@H]3CC[C@H](c4cccc(C(F)(F)F)c4)C[C@@H]3N(C)C)c(Br)c2)c(OC)c1. The standard InChI is InChI=1S/C33H35BrF3N5O5S/c1-41(2)28-15-22(21-6-5-7-24(14-21)33(35,36)37)9-11-29(28)47-32-27(34)17-26(18-39-32)48(43,44)42(31-12-13-38-20-40-31)19-23-8-10-25(45-3)16-30(23)46-4/h5-8,10,12-14,16-18,20,22,28-29H,9,11,15,19H2,1-4H3/t22-,28-,29-/m0/s1. The first-order valence-corrected chi connectivity index (χ1v) is 17.2. The highest BCUT2D eigenvalue weighted by Gasteiger charge is 2.37. The maximum absolute atomic E-state index is 14.1. The van der Waals surface area contributed by atoms with Gasteiger partial charge in [-0.15, -0.1) is 0 Å². The van der Waals surface area contributed by atoms with Gasteiger partial charge in [-0.3, -0.25) is 0 Å². The zero-order valence-electron chi connectivity index (χ0n) is 26.7. The average molecular weight is 751 g/mol. The smallest absolute Gasteiger partial charge is 0.416 e. The number of anilines is 1. The van der Waals surface area contributed by atoms with Gasteiger partial charge in [0, 0.05) is 29.9 Å². The van der Waals surface area contributed by atoms with E-state index in [0.717, 1.165) is 10.4 Å². The van der Waals surface area contributed by atoms with Crippen LogP contribution in [0.25, 0.3) is 0 Å². The highest BCUT2D eigenvalue weighted by atomic mass is 79.9. The van der Waals surface area contributed by atoms with Crippen molar-refractivity contribution in [1.29, 1.82) is 0 Å². The Morgan fingerprint density at radius 2 is 1.79 bits per heavy atom. The Labute approximate surface area is 286 Å². The van der Waals surface area contributed by atoms with Gasteiger partial charge in [-0.2, -0.15) is 13.2 Å². The number of sulfonamides is 1. The lowest BCUT2D eigenvalue weighted by Crippen LogP contribution is -2.46. The van der Waals surface area contributed by atoms with Crippen LogP contribution in [0.15, 0.2) is 82.7 Å². The van der Waals surface area contributed by atoms with Crippen molar-refractivity contribution in [3.05, 3.63) is 94.5 Å². The van der Waals surface area contributed by atoms with Gasteiger partial charge in [0.1, 0.15) is 34.6 Å². The van der Waals surface area contributed by atoms with Crippen LogP contribution in [0.3, 0.4) is 0 Å². The molecule has 1 aliphatic rings. The van der Waals surface area contributed by atoms with Gasteiger partial charge in [-0.05, 0) is 85.0 Å². The third-order valence-electron chi connectivity index (χ3n) is 8.37. The van der Waals surface area contributed by atoms with Crippen LogP contribution in [0.1, 0.15) is 41.9 Å². The summed E-state index contributed by atoms with van der Waals surface area (Å²) < 4.78 is 87.0. The van der Waals surface area contributed by atoms with Crippen molar-refractivity contribution in [2.75, 3.05) is 32.6 Å². The first kappa shape index (κ1) is 35.4. The van der Waals surface area contributed by atoms with E-state index < -0.39 is 21.8 Å². The number of alkyl halides is 3. The summed E-state index contributed by atoms with van der Waals surface area (Å²) in [4.78, 5) is 14.4. The second-order valence-corrected chi connectivity index (χ2v) is 14.3. The van der Waals surface area contributed by atoms with E-state index in [-0.39, 0.29) is 41.2 Å². The number of ether oxygens (including phenoxy) is 3. The van der Waals surface area contributed by atoms with E-state index in [4.69, 9.17) is 14.2 Å². The van der Waals surface area contributed by atoms with Crippen LogP contribution in [0, 0.1) is 0 Å². The molecule has 2 heterocycles. The fourth-order valence-electron chi connectivity index (χ4n) is 5.84. The van der Waals surface area contributed by atoms with E-state index in [2.05, 4.69) is 30.9 Å². The molecule has 0 radical (unpaired) electrons. The van der Waals surface area contributed by atoms with Crippen molar-refractivity contribution in [2.45, 2.75) is 54.9 Å². The number of rotatable bonds is 11. The summed E-state index contributed by atoms with van der Waals surface area (Å²) in [6.07, 6.45) is 0.935. The molecule has 0 amide bonds. The Kier molecular flexibility index (Phi) is 10.8. The normalized spacial score (nSPS) is 18.4. The lowest BCUT2D eigenvalue weighted by atomic mass is 9.79. The molecule has 256 valence electrons. The van der Waals surface area contributed by atoms with Crippen LogP contribution in [-0.2, 0) is 22.7 Å². The fraction of sp³-hybridized carbons (Fsp3) is 0.364. The molecule has 1 aliphatic carbocycles. The molecule has 1 fully saturated rings. The number of hydrogen-bond donors (Lipinski definition) is 0. The molecular formula is C33H35BrF3N5O5S. The Hall–Kier alpha value is -3.95. The van der Waals surface area contributed by atoms with E-state index in [1.165, 1.54) is 57.2 Å². The molecular weight excluding hydrogens is 715 g/mol. The Bertz CT molecular complexity index is 1830. The van der Waals surface area contributed by atoms with E-state index in [1.54, 1.807) is 24.3 Å². The van der Waals surface area contributed by atoms with Crippen molar-refractivity contribution >= 4 is 31.8 Å². The van der Waals surface area contributed by atoms with Crippen LogP contribution in [0.2, 0.25) is 0 Å². The maximum atomic E-state index is 14.1. The molecule has 15 heteroatoms. The summed E-state index contributed by atoms with van der Waals surface area (Å²) in [5.41, 5.74) is 0.553. The topological polar surface area (TPSA) is 107 Å². The second-order valence-electron chi connectivity index (χ2n) is 11.5. The molecule has 0 saturated heterocycles. The highest BCUT2D eigenvalue weighted by Crippen LogP contribution is 2.40. The largest absolute Gasteiger partial charge is 0.497 e. The van der Waals surface area contributed by atoms with Gasteiger partial charge in [0.25, 0.3) is 10.0 Å². The minimum absolute atomic E-state index is 0.0828. The molecule has 0 unspecified atom stereocenters. The zero-order valence-corrected chi connectivity index (χ0v) is 29.1. The van der Waals surface area contributed by atoms with Gasteiger partial charge in [-0.1, -0.05) is 18.2 Å². The van der Waals surface area contributed by atoms with Gasteiger partial charge >= 0.3 is 6.18 Å². The Morgan fingerprint density at radius 1 is 1.00 bits per heavy atom. The Morgan fingerprint density at radius 3 is 2.44 bits per heavy atom. The third kappa shape index (κ3) is 7.84. The van der Waals surface area contributed by atoms with E-state index in [1.807, 2.05) is 19.0 Å². The van der Waals surface area contributed by atoms with Gasteiger partial charge < -0.3 is 19.1 Å². The molecule has 10 nitrogen and oxygen atoms in total. The summed E-state index contributed by atoms with van der Waals surface area (Å²) in [7, 11) is 2.58. The second kappa shape index (κ2) is 14.7. The molecule has 0 spiro atoms. The monoisotopic (exact) mass is 749 g/mol. The van der Waals surface area contributed by atoms with Crippen molar-refractivity contribution < 1.29 is 35.8 Å². The Balaban J connectivity index is 1.38. The molecule has 0 aliphatic heterocycles. The summed E-state index contributed by atoms with van der Waals surface area (Å²) in [5.74, 6) is 1.25. The number of benzene rings is 2. The first-order chi connectivity index (χ1) is 22.8. The summed E-state index contributed by atoms with van der Waals surface area (Å²) in [5, 5.41) is 0. The summed E-state index contributed by atoms with van der Waals surface area (Å²) in [6.45, 7) is -0.109. The highest BCUT2D eigenvalue weighted by molar-refractivity contribution is 9.10. The van der Waals surface area contributed by atoms with E-state index in [9.17, 15) is 21.6 Å². The molecule has 5 rings (SSSR count). The van der Waals surface area contributed by atoms with Crippen LogP contribution < -0.4 is 18.5 Å². The fourth-order valence-corrected chi connectivity index (χ4v) is 7.80. The minimum atomic E-state index is -4.41. The summed E-state index contributed by atoms with van der Waals surface area (Å²) >= 11 is 3.46. The molecule has 3 atom stereocenters. The number of likely N-dealkylation sites (N-methyl/N-ethyl adjacent to an activating group) is 1. The minimum Gasteiger partial charge on any atom is -0.497 e. The van der Waals surface area contributed by atoms with E-state index in [0.29, 0.717) is 46.4 Å². The first-order valence-electron chi connectivity index (χ1n) is 15.0. The maximum Gasteiger partial charge on any atom is 0.416 e. The number of halogens is 4. The van der Waals surface area contributed by atoms with Crippen molar-refractivity contribution in [2.24, 2.45) is 0 Å². The van der Waals surface area contributed by atoms with Crippen molar-refractivity contribution in [1.82, 2.24) is 19.9 Å². The van der Waals surface area contributed by atoms with Crippen molar-refractivity contribution in [3.8, 4) is 17.4 Å². The molecule has 4 aromatic rings. The van der Waals surface area contributed by atoms with Crippen LogP contribution in [-0.4, -0.2) is 68.7 Å². The van der Waals surface area contributed by atoms with Crippen LogP contribution in [0.5, 0.6) is 17.4 Å². The zero-order chi connectivity index (χ0) is 34.6. The molecule has 48 heavy (non-hydrogen) atoms. The van der Waals surface area contributed by atoms with Crippen LogP contribution >= 0.6 is 15.9 Å². The molecule has 0 N–H and O–H groups in total. The number of hydrogen-bond acceptors (Lipinski definition) is 9. The lowest BCUT2D eigenvalue weighted by molar-refractivity contribution is -0.137. The van der Waals surface area contributed by atoms with Crippen LogP contribution in [0.4, 0.5) is 19.0 Å². The van der Waals surface area contributed by atoms with Gasteiger partial charge in [0.15, 0.2) is 0 Å². The third-order valence-corrected chi connectivity index (χ3v) is 10.7. The number of nitrogens with zero attached hydrogens (tertiary/aromatic N) is 5. The predicted octanol–water partition coefficient (Wildman–Crippen LogP) is 6.71. The summed E-state index contributed by atoms with van der Waals surface area (Å²) in [6, 6.07) is 13.4. The van der Waals surface area contributed by atoms with Crippen molar-refractivity contribution in [3.63, 3.8) is 0 Å². The average Bonchev–Trinajstić information content (AvgIpc) is 3.08. The molecule has 2 aromatic carbocycles. The molecule has 0 bridgehead atoms. The number of methoxy groups -OCH3 is 2. The van der Waals surface area contributed by atoms with Gasteiger partial charge in [-0.25, -0.2) is 27.7 Å². The lowest BCUT2D eigenvalue weighted by Gasteiger charge is -2.39. The number of aromatic nitrogens is 3. The van der Waals surface area contributed by atoms with E-state index >= 15 is 0 Å². The quantitative estimate of drug-likeness (QED) is 0.165. The predicted molar refractivity (Wildman–Crippen MR) is 177 cm³/mol. The number of pyridine rings is 1. The molecule has 1 saturated carbocycles. The molecule has 2 aromatic heterocycles. The van der Waals surface area contributed by atoms with Gasteiger partial charge in [0.05, 0.1) is 37.0 Å².